The number of hydrogen-bond donors (Lipinski definition) is 2. The Morgan fingerprint density at radius 2 is 1.82 bits per heavy atom. The number of carbonyl (C=O) groups excluding carboxylic acids is 1. The lowest BCUT2D eigenvalue weighted by Gasteiger charge is -2.29. The molecule has 3 N–H and O–H groups in total. The Bertz CT molecular complexity index is 1520. The van der Waals surface area contributed by atoms with Gasteiger partial charge in [-0.2, -0.15) is 0 Å². The van der Waals surface area contributed by atoms with E-state index in [1.807, 2.05) is 45.9 Å². The standard InChI is InChI=1S/C30H36N4O4S2/c1-20-6-12-25(13-7-20)40(36,37)33-24-10-8-22(9-11-24)21(2)28-26(32-19-31)18-27(39-28)23-14-16-34(17-15-23)29(35)38-30(3,4)5/h6-14,18-19,21,33H,15-17H2,1-5H3,(H2,31,32). The first-order chi connectivity index (χ1) is 18.9. The van der Waals surface area contributed by atoms with Gasteiger partial charge in [-0.3, -0.25) is 4.72 Å². The molecular weight excluding hydrogens is 544 g/mol. The molecule has 1 unspecified atom stereocenters. The number of benzene rings is 2. The molecule has 0 bridgehead atoms. The Kier molecular flexibility index (Phi) is 8.70. The number of anilines is 1. The van der Waals surface area contributed by atoms with Crippen LogP contribution in [0, 0.1) is 6.92 Å². The third-order valence-electron chi connectivity index (χ3n) is 6.52. The fourth-order valence-electron chi connectivity index (χ4n) is 4.35. The summed E-state index contributed by atoms with van der Waals surface area (Å²) in [5.74, 6) is 0.00246. The lowest BCUT2D eigenvalue weighted by molar-refractivity contribution is 0.0270. The SMILES string of the molecule is Cc1ccc(S(=O)(=O)Nc2ccc(C(C)c3sc(C4=CCN(C(=O)OC(C)(C)C)CC4)cc3N=CN)cc2)cc1. The number of sulfonamides is 1. The zero-order valence-corrected chi connectivity index (χ0v) is 25.1. The fourth-order valence-corrected chi connectivity index (χ4v) is 6.66. The van der Waals surface area contributed by atoms with Crippen LogP contribution in [0.1, 0.15) is 60.9 Å². The topological polar surface area (TPSA) is 114 Å². The minimum Gasteiger partial charge on any atom is -0.444 e. The van der Waals surface area contributed by atoms with Gasteiger partial charge in [-0.25, -0.2) is 18.2 Å². The van der Waals surface area contributed by atoms with Gasteiger partial charge in [-0.15, -0.1) is 11.3 Å². The first kappa shape index (κ1) is 29.4. The molecular formula is C30H36N4O4S2. The van der Waals surface area contributed by atoms with E-state index < -0.39 is 15.6 Å². The molecule has 1 amide bonds. The molecule has 1 aromatic heterocycles. The van der Waals surface area contributed by atoms with Crippen molar-refractivity contribution in [2.75, 3.05) is 17.8 Å². The lowest BCUT2D eigenvalue weighted by Crippen LogP contribution is -2.39. The van der Waals surface area contributed by atoms with Crippen LogP contribution in [-0.4, -0.2) is 44.4 Å². The van der Waals surface area contributed by atoms with Gasteiger partial charge in [0.15, 0.2) is 0 Å². The first-order valence-corrected chi connectivity index (χ1v) is 15.4. The summed E-state index contributed by atoms with van der Waals surface area (Å²) in [4.78, 5) is 20.9. The molecule has 1 aliphatic heterocycles. The van der Waals surface area contributed by atoms with Crippen LogP contribution in [0.4, 0.5) is 16.2 Å². The number of hydrogen-bond acceptors (Lipinski definition) is 6. The quantitative estimate of drug-likeness (QED) is 0.240. The molecule has 0 saturated carbocycles. The zero-order chi connectivity index (χ0) is 29.1. The molecule has 0 aliphatic carbocycles. The summed E-state index contributed by atoms with van der Waals surface area (Å²) >= 11 is 1.66. The minimum atomic E-state index is -3.68. The second-order valence-electron chi connectivity index (χ2n) is 10.8. The monoisotopic (exact) mass is 580 g/mol. The number of rotatable bonds is 7. The Morgan fingerprint density at radius 3 is 2.40 bits per heavy atom. The highest BCUT2D eigenvalue weighted by Gasteiger charge is 2.25. The number of nitrogens with one attached hydrogen (secondary N) is 1. The number of aryl methyl sites for hydroxylation is 1. The van der Waals surface area contributed by atoms with E-state index in [1.54, 1.807) is 52.6 Å². The molecule has 0 radical (unpaired) electrons. The van der Waals surface area contributed by atoms with Crippen LogP contribution in [0.5, 0.6) is 0 Å². The highest BCUT2D eigenvalue weighted by atomic mass is 32.2. The summed E-state index contributed by atoms with van der Waals surface area (Å²) in [6, 6.07) is 16.2. The van der Waals surface area contributed by atoms with Gasteiger partial charge < -0.3 is 15.4 Å². The molecule has 10 heteroatoms. The maximum absolute atomic E-state index is 12.8. The van der Waals surface area contributed by atoms with Crippen LogP contribution >= 0.6 is 11.3 Å². The number of thiophene rings is 1. The summed E-state index contributed by atoms with van der Waals surface area (Å²) in [6.45, 7) is 10.7. The zero-order valence-electron chi connectivity index (χ0n) is 23.5. The van der Waals surface area contributed by atoms with E-state index in [1.165, 1.54) is 6.34 Å². The summed E-state index contributed by atoms with van der Waals surface area (Å²) < 4.78 is 33.7. The van der Waals surface area contributed by atoms with Crippen LogP contribution in [0.3, 0.4) is 0 Å². The summed E-state index contributed by atoms with van der Waals surface area (Å²) in [5.41, 5.74) is 9.61. The van der Waals surface area contributed by atoms with Crippen molar-refractivity contribution in [2.24, 2.45) is 10.7 Å². The molecule has 0 fully saturated rings. The van der Waals surface area contributed by atoms with Gasteiger partial charge >= 0.3 is 6.09 Å². The molecule has 0 saturated heterocycles. The first-order valence-electron chi connectivity index (χ1n) is 13.1. The second-order valence-corrected chi connectivity index (χ2v) is 13.6. The molecule has 4 rings (SSSR count). The number of amides is 1. The molecule has 3 aromatic rings. The van der Waals surface area contributed by atoms with Crippen molar-refractivity contribution in [3.8, 4) is 0 Å². The van der Waals surface area contributed by atoms with Crippen molar-refractivity contribution in [3.63, 3.8) is 0 Å². The Morgan fingerprint density at radius 1 is 1.15 bits per heavy atom. The van der Waals surface area contributed by atoms with E-state index >= 15 is 0 Å². The van der Waals surface area contributed by atoms with Crippen molar-refractivity contribution in [3.05, 3.63) is 81.6 Å². The van der Waals surface area contributed by atoms with Crippen molar-refractivity contribution in [2.45, 2.75) is 57.5 Å². The third-order valence-corrected chi connectivity index (χ3v) is 9.30. The highest BCUT2D eigenvalue weighted by Crippen LogP contribution is 2.42. The van der Waals surface area contributed by atoms with E-state index in [0.717, 1.165) is 38.6 Å². The van der Waals surface area contributed by atoms with Crippen LogP contribution in [0.15, 0.2) is 70.6 Å². The molecule has 212 valence electrons. The molecule has 2 heterocycles. The molecule has 40 heavy (non-hydrogen) atoms. The largest absolute Gasteiger partial charge is 0.444 e. The predicted molar refractivity (Wildman–Crippen MR) is 163 cm³/mol. The van der Waals surface area contributed by atoms with E-state index in [9.17, 15) is 13.2 Å². The van der Waals surface area contributed by atoms with E-state index in [0.29, 0.717) is 18.8 Å². The third kappa shape index (κ3) is 7.11. The molecule has 0 spiro atoms. The number of nitrogens with zero attached hydrogens (tertiary/aromatic N) is 2. The fraction of sp³-hybridized carbons (Fsp3) is 0.333. The van der Waals surface area contributed by atoms with Gasteiger partial charge in [0, 0.05) is 34.4 Å². The average Bonchev–Trinajstić information content (AvgIpc) is 3.32. The Hall–Kier alpha value is -3.63. The normalized spacial score (nSPS) is 15.1. The van der Waals surface area contributed by atoms with E-state index in [-0.39, 0.29) is 16.9 Å². The van der Waals surface area contributed by atoms with Crippen molar-refractivity contribution in [1.82, 2.24) is 4.90 Å². The van der Waals surface area contributed by atoms with Crippen molar-refractivity contribution < 1.29 is 17.9 Å². The number of aliphatic imine (C=N–C) groups is 1. The Labute approximate surface area is 240 Å². The van der Waals surface area contributed by atoms with Gasteiger partial charge in [-0.1, -0.05) is 42.8 Å². The van der Waals surface area contributed by atoms with Crippen molar-refractivity contribution >= 4 is 50.7 Å². The summed E-state index contributed by atoms with van der Waals surface area (Å²) in [7, 11) is -3.68. The van der Waals surface area contributed by atoms with Gasteiger partial charge in [-0.05, 0) is 75.6 Å². The average molecular weight is 581 g/mol. The maximum atomic E-state index is 12.8. The summed E-state index contributed by atoms with van der Waals surface area (Å²) in [5, 5.41) is 0. The molecule has 8 nitrogen and oxygen atoms in total. The number of nitrogens with two attached hydrogens (primary N) is 1. The minimum absolute atomic E-state index is 0.00246. The van der Waals surface area contributed by atoms with Crippen molar-refractivity contribution in [1.29, 1.82) is 0 Å². The van der Waals surface area contributed by atoms with Gasteiger partial charge in [0.1, 0.15) is 5.60 Å². The smallest absolute Gasteiger partial charge is 0.410 e. The lowest BCUT2D eigenvalue weighted by atomic mass is 9.98. The van der Waals surface area contributed by atoms with Crippen LogP contribution < -0.4 is 10.5 Å². The summed E-state index contributed by atoms with van der Waals surface area (Å²) in [6.07, 6.45) is 3.78. The molecule has 1 atom stereocenters. The van der Waals surface area contributed by atoms with Gasteiger partial charge in [0.05, 0.1) is 16.9 Å². The van der Waals surface area contributed by atoms with E-state index in [4.69, 9.17) is 10.5 Å². The molecule has 2 aromatic carbocycles. The number of carbonyl (C=O) groups is 1. The Balaban J connectivity index is 1.50. The second kappa shape index (κ2) is 11.9. The van der Waals surface area contributed by atoms with Gasteiger partial charge in [0.2, 0.25) is 0 Å². The van der Waals surface area contributed by atoms with Crippen LogP contribution in [0.25, 0.3) is 5.57 Å². The van der Waals surface area contributed by atoms with E-state index in [2.05, 4.69) is 22.7 Å². The predicted octanol–water partition coefficient (Wildman–Crippen LogP) is 6.65. The van der Waals surface area contributed by atoms with Gasteiger partial charge in [0.25, 0.3) is 10.0 Å². The van der Waals surface area contributed by atoms with Crippen LogP contribution in [-0.2, 0) is 14.8 Å². The highest BCUT2D eigenvalue weighted by molar-refractivity contribution is 7.92. The molecule has 1 aliphatic rings. The maximum Gasteiger partial charge on any atom is 0.410 e. The van der Waals surface area contributed by atoms with Crippen LogP contribution in [0.2, 0.25) is 0 Å². The number of ether oxygens (including phenoxy) is 1.